The number of allylic oxidation sites excluding steroid dienone is 2. The highest BCUT2D eigenvalue weighted by atomic mass is 16.5. The first-order chi connectivity index (χ1) is 18.4. The zero-order valence-corrected chi connectivity index (χ0v) is 21.2. The molecule has 38 heavy (non-hydrogen) atoms. The average molecular weight is 510 g/mol. The molecule has 8 nitrogen and oxygen atoms in total. The topological polar surface area (TPSA) is 123 Å². The Morgan fingerprint density at radius 1 is 1.08 bits per heavy atom. The summed E-state index contributed by atoms with van der Waals surface area (Å²) in [6.07, 6.45) is 2.01. The fraction of sp³-hybridized carbons (Fsp3) is 0.267. The molecule has 2 amide bonds. The van der Waals surface area contributed by atoms with E-state index < -0.39 is 11.9 Å². The van der Waals surface area contributed by atoms with Crippen LogP contribution in [0.1, 0.15) is 70.9 Å². The number of esters is 1. The van der Waals surface area contributed by atoms with Gasteiger partial charge in [-0.2, -0.15) is 5.26 Å². The van der Waals surface area contributed by atoms with E-state index in [0.29, 0.717) is 41.8 Å². The van der Waals surface area contributed by atoms with Crippen LogP contribution in [0.4, 0.5) is 0 Å². The van der Waals surface area contributed by atoms with Crippen molar-refractivity contribution in [1.82, 2.24) is 4.90 Å². The van der Waals surface area contributed by atoms with Crippen LogP contribution in [0, 0.1) is 23.2 Å². The van der Waals surface area contributed by atoms with E-state index in [1.165, 1.54) is 4.90 Å². The molecule has 0 aromatic heterocycles. The lowest BCUT2D eigenvalue weighted by Crippen LogP contribution is -2.30. The van der Waals surface area contributed by atoms with Crippen molar-refractivity contribution in [1.29, 1.82) is 5.26 Å². The van der Waals surface area contributed by atoms with E-state index in [9.17, 15) is 19.6 Å². The van der Waals surface area contributed by atoms with E-state index in [0.717, 1.165) is 12.0 Å². The summed E-state index contributed by atoms with van der Waals surface area (Å²) >= 11 is 0. The van der Waals surface area contributed by atoms with E-state index in [2.05, 4.69) is 17.9 Å². The van der Waals surface area contributed by atoms with Gasteiger partial charge in [-0.1, -0.05) is 36.1 Å². The summed E-state index contributed by atoms with van der Waals surface area (Å²) in [5, 5.41) is 9.69. The molecule has 2 aromatic rings. The van der Waals surface area contributed by atoms with Gasteiger partial charge in [0.05, 0.1) is 29.2 Å². The van der Waals surface area contributed by atoms with Crippen LogP contribution in [0.5, 0.6) is 0 Å². The third kappa shape index (κ3) is 5.16. The summed E-state index contributed by atoms with van der Waals surface area (Å²) in [5.74, 6) is 4.75. The molecule has 0 spiro atoms. The van der Waals surface area contributed by atoms with Gasteiger partial charge in [-0.3, -0.25) is 14.5 Å². The minimum absolute atomic E-state index is 0.0341. The fourth-order valence-electron chi connectivity index (χ4n) is 4.54. The summed E-state index contributed by atoms with van der Waals surface area (Å²) < 4.78 is 10.6. The van der Waals surface area contributed by atoms with Crippen LogP contribution in [0.25, 0.3) is 0 Å². The van der Waals surface area contributed by atoms with E-state index in [-0.39, 0.29) is 35.5 Å². The number of rotatable bonds is 7. The van der Waals surface area contributed by atoms with Crippen LogP contribution < -0.4 is 5.73 Å². The van der Waals surface area contributed by atoms with Gasteiger partial charge < -0.3 is 15.2 Å². The predicted octanol–water partition coefficient (Wildman–Crippen LogP) is 4.15. The molecule has 0 radical (unpaired) electrons. The highest BCUT2D eigenvalue weighted by Crippen LogP contribution is 2.39. The van der Waals surface area contributed by atoms with Crippen LogP contribution in [0.2, 0.25) is 0 Å². The number of hydrogen-bond donors (Lipinski definition) is 1. The van der Waals surface area contributed by atoms with Crippen LogP contribution in [-0.4, -0.2) is 35.8 Å². The Hall–Kier alpha value is -4.82. The van der Waals surface area contributed by atoms with Crippen molar-refractivity contribution in [3.05, 3.63) is 93.6 Å². The fourth-order valence-corrected chi connectivity index (χ4v) is 4.54. The van der Waals surface area contributed by atoms with Gasteiger partial charge in [-0.05, 0) is 56.5 Å². The molecule has 8 heteroatoms. The van der Waals surface area contributed by atoms with Gasteiger partial charge in [0.1, 0.15) is 17.4 Å². The number of nitriles is 1. The van der Waals surface area contributed by atoms with Gasteiger partial charge in [-0.25, -0.2) is 4.79 Å². The summed E-state index contributed by atoms with van der Waals surface area (Å²) in [6.45, 7) is 3.88. The molecule has 0 aliphatic carbocycles. The second-order valence-corrected chi connectivity index (χ2v) is 8.80. The Bertz CT molecular complexity index is 1420. The number of imide groups is 1. The molecule has 2 aliphatic rings. The Labute approximate surface area is 221 Å². The zero-order chi connectivity index (χ0) is 27.2. The second-order valence-electron chi connectivity index (χ2n) is 8.80. The van der Waals surface area contributed by atoms with Crippen molar-refractivity contribution in [2.24, 2.45) is 5.73 Å². The molecule has 1 atom stereocenters. The maximum absolute atomic E-state index is 12.6. The summed E-state index contributed by atoms with van der Waals surface area (Å²) in [7, 11) is 0. The average Bonchev–Trinajstić information content (AvgIpc) is 3.15. The van der Waals surface area contributed by atoms with Crippen LogP contribution in [-0.2, 0) is 14.3 Å². The minimum atomic E-state index is -0.697. The van der Waals surface area contributed by atoms with Crippen LogP contribution in [0.3, 0.4) is 0 Å². The van der Waals surface area contributed by atoms with Crippen molar-refractivity contribution in [3.8, 4) is 17.9 Å². The van der Waals surface area contributed by atoms with E-state index in [4.69, 9.17) is 15.2 Å². The molecule has 0 bridgehead atoms. The second kappa shape index (κ2) is 11.5. The number of carbonyl (C=O) groups is 3. The number of nitrogens with zero attached hydrogens (tertiary/aromatic N) is 2. The molecule has 2 aliphatic heterocycles. The molecule has 0 saturated heterocycles. The van der Waals surface area contributed by atoms with Crippen molar-refractivity contribution in [2.75, 3.05) is 13.2 Å². The molecule has 1 unspecified atom stereocenters. The first-order valence-electron chi connectivity index (χ1n) is 12.4. The predicted molar refractivity (Wildman–Crippen MR) is 139 cm³/mol. The molecular weight excluding hydrogens is 482 g/mol. The molecular formula is C30H27N3O5. The Morgan fingerprint density at radius 3 is 2.34 bits per heavy atom. The summed E-state index contributed by atoms with van der Waals surface area (Å²) in [4.78, 5) is 38.8. The number of amides is 2. The minimum Gasteiger partial charge on any atom is -0.463 e. The Morgan fingerprint density at radius 2 is 1.74 bits per heavy atom. The summed E-state index contributed by atoms with van der Waals surface area (Å²) in [5.41, 5.74) is 8.73. The SMILES string of the molecule is CCOC(=O)C1=C(C)OC(N)=C(C#N)C1c1ccc(C#CCCCCN2C(=O)c3ccccc3C2=O)cc1. The maximum Gasteiger partial charge on any atom is 0.338 e. The number of benzene rings is 2. The Balaban J connectivity index is 1.37. The lowest BCUT2D eigenvalue weighted by Gasteiger charge is -2.26. The normalized spacial score (nSPS) is 16.4. The smallest absolute Gasteiger partial charge is 0.338 e. The lowest BCUT2D eigenvalue weighted by molar-refractivity contribution is -0.139. The zero-order valence-electron chi connectivity index (χ0n) is 21.2. The van der Waals surface area contributed by atoms with Gasteiger partial charge in [0, 0.05) is 18.5 Å². The molecule has 4 rings (SSSR count). The molecule has 2 N–H and O–H groups in total. The molecule has 0 saturated carbocycles. The quantitative estimate of drug-likeness (QED) is 0.257. The maximum atomic E-state index is 12.6. The van der Waals surface area contributed by atoms with Gasteiger partial charge in [0.25, 0.3) is 11.8 Å². The molecule has 0 fully saturated rings. The summed E-state index contributed by atoms with van der Waals surface area (Å²) in [6, 6.07) is 16.2. The van der Waals surface area contributed by atoms with Crippen molar-refractivity contribution >= 4 is 17.8 Å². The van der Waals surface area contributed by atoms with Crippen LogP contribution in [0.15, 0.2) is 71.3 Å². The first kappa shape index (κ1) is 26.2. The Kier molecular flexibility index (Phi) is 7.94. The van der Waals surface area contributed by atoms with Crippen molar-refractivity contribution in [3.63, 3.8) is 0 Å². The van der Waals surface area contributed by atoms with Gasteiger partial charge in [-0.15, -0.1) is 0 Å². The van der Waals surface area contributed by atoms with E-state index in [1.54, 1.807) is 50.2 Å². The largest absolute Gasteiger partial charge is 0.463 e. The molecule has 192 valence electrons. The highest BCUT2D eigenvalue weighted by Gasteiger charge is 2.36. The number of ether oxygens (including phenoxy) is 2. The highest BCUT2D eigenvalue weighted by molar-refractivity contribution is 6.21. The number of fused-ring (bicyclic) bond motifs is 1. The lowest BCUT2D eigenvalue weighted by atomic mass is 9.83. The molecule has 2 aromatic carbocycles. The standard InChI is InChI=1S/C30H27N3O5/c1-3-37-30(36)25-19(2)38-27(32)24(18-31)26(25)21-15-13-20(14-16-21)10-6-4-5-9-17-33-28(34)22-11-7-8-12-23(22)29(33)35/h7-8,11-16,26H,3-5,9,17,32H2,1-2H3. The number of unbranched alkanes of at least 4 members (excludes halogenated alkanes) is 2. The van der Waals surface area contributed by atoms with Crippen molar-refractivity contribution < 1.29 is 23.9 Å². The third-order valence-corrected chi connectivity index (χ3v) is 6.39. The van der Waals surface area contributed by atoms with Crippen molar-refractivity contribution in [2.45, 2.75) is 39.0 Å². The number of hydrogen-bond acceptors (Lipinski definition) is 7. The van der Waals surface area contributed by atoms with Gasteiger partial charge >= 0.3 is 5.97 Å². The van der Waals surface area contributed by atoms with E-state index in [1.807, 2.05) is 12.1 Å². The monoisotopic (exact) mass is 509 g/mol. The van der Waals surface area contributed by atoms with E-state index >= 15 is 0 Å². The number of carbonyl (C=O) groups excluding carboxylic acids is 3. The van der Waals surface area contributed by atoms with Crippen LogP contribution >= 0.6 is 0 Å². The third-order valence-electron chi connectivity index (χ3n) is 6.39. The number of nitrogens with two attached hydrogens (primary N) is 1. The van der Waals surface area contributed by atoms with Gasteiger partial charge in [0.15, 0.2) is 0 Å². The molecule has 2 heterocycles. The first-order valence-corrected chi connectivity index (χ1v) is 12.4. The van der Waals surface area contributed by atoms with Gasteiger partial charge in [0.2, 0.25) is 5.88 Å².